The first-order valence-electron chi connectivity index (χ1n) is 7.80. The Morgan fingerprint density at radius 1 is 1.11 bits per heavy atom. The van der Waals surface area contributed by atoms with Gasteiger partial charge in [0.2, 0.25) is 0 Å². The molecule has 2 fully saturated rings. The molecule has 1 saturated heterocycles. The summed E-state index contributed by atoms with van der Waals surface area (Å²) in [7, 11) is 1.98. The van der Waals surface area contributed by atoms with E-state index in [4.69, 9.17) is 4.74 Å². The lowest BCUT2D eigenvalue weighted by molar-refractivity contribution is 0.00693. The maximum absolute atomic E-state index is 5.88. The first kappa shape index (κ1) is 14.3. The van der Waals surface area contributed by atoms with Gasteiger partial charge in [0, 0.05) is 26.2 Å². The number of hydrogen-bond acceptors (Lipinski definition) is 3. The van der Waals surface area contributed by atoms with Crippen molar-refractivity contribution in [3.63, 3.8) is 0 Å². The number of hydrogen-bond donors (Lipinski definition) is 1. The highest BCUT2D eigenvalue weighted by molar-refractivity contribution is 4.82. The molecule has 0 spiro atoms. The molecule has 0 aromatic heterocycles. The van der Waals surface area contributed by atoms with Gasteiger partial charge in [-0.15, -0.1) is 0 Å². The van der Waals surface area contributed by atoms with Gasteiger partial charge in [-0.1, -0.05) is 13.3 Å². The monoisotopic (exact) mass is 254 g/mol. The molecule has 0 amide bonds. The van der Waals surface area contributed by atoms with Gasteiger partial charge in [-0.05, 0) is 44.6 Å². The van der Waals surface area contributed by atoms with E-state index in [0.717, 1.165) is 25.0 Å². The van der Waals surface area contributed by atoms with Gasteiger partial charge in [0.25, 0.3) is 0 Å². The molecule has 0 bridgehead atoms. The molecule has 2 aliphatic rings. The summed E-state index contributed by atoms with van der Waals surface area (Å²) >= 11 is 0. The molecular formula is C15H30N2O. The zero-order chi connectivity index (χ0) is 12.8. The molecule has 3 heteroatoms. The molecule has 1 saturated carbocycles. The molecule has 1 aliphatic heterocycles. The van der Waals surface area contributed by atoms with Crippen LogP contribution in [0.25, 0.3) is 0 Å². The molecule has 1 aliphatic carbocycles. The molecule has 0 aromatic carbocycles. The second-order valence-electron chi connectivity index (χ2n) is 6.11. The van der Waals surface area contributed by atoms with E-state index in [9.17, 15) is 0 Å². The van der Waals surface area contributed by atoms with Crippen molar-refractivity contribution in [1.82, 2.24) is 10.2 Å². The highest BCUT2D eigenvalue weighted by atomic mass is 16.5. The van der Waals surface area contributed by atoms with Crippen LogP contribution in [0.2, 0.25) is 0 Å². The smallest absolute Gasteiger partial charge is 0.0594 e. The largest absolute Gasteiger partial charge is 0.377 e. The Bertz CT molecular complexity index is 221. The standard InChI is InChI=1S/C15H30N2O/c1-3-13-10-17(11-13)12-14-4-6-15(7-5-14)18-9-8-16-2/h13-16H,3-12H2,1-2H3. The minimum Gasteiger partial charge on any atom is -0.377 e. The summed E-state index contributed by atoms with van der Waals surface area (Å²) < 4.78 is 5.88. The molecule has 0 atom stereocenters. The fraction of sp³-hybridized carbons (Fsp3) is 1.00. The third kappa shape index (κ3) is 4.22. The lowest BCUT2D eigenvalue weighted by atomic mass is 9.85. The van der Waals surface area contributed by atoms with Gasteiger partial charge in [0.1, 0.15) is 0 Å². The van der Waals surface area contributed by atoms with E-state index in [0.29, 0.717) is 6.10 Å². The second kappa shape index (κ2) is 7.46. The van der Waals surface area contributed by atoms with E-state index in [1.807, 2.05) is 7.05 Å². The van der Waals surface area contributed by atoms with E-state index in [1.165, 1.54) is 51.7 Å². The van der Waals surface area contributed by atoms with E-state index in [2.05, 4.69) is 17.1 Å². The first-order chi connectivity index (χ1) is 8.81. The quantitative estimate of drug-likeness (QED) is 0.704. The third-order valence-electron chi connectivity index (χ3n) is 4.63. The second-order valence-corrected chi connectivity index (χ2v) is 6.11. The van der Waals surface area contributed by atoms with Gasteiger partial charge in [-0.2, -0.15) is 0 Å². The molecule has 0 aromatic rings. The summed E-state index contributed by atoms with van der Waals surface area (Å²) in [5, 5.41) is 3.14. The van der Waals surface area contributed by atoms with E-state index in [1.54, 1.807) is 0 Å². The van der Waals surface area contributed by atoms with Crippen LogP contribution in [0, 0.1) is 11.8 Å². The highest BCUT2D eigenvalue weighted by Gasteiger charge is 2.29. The van der Waals surface area contributed by atoms with E-state index >= 15 is 0 Å². The summed E-state index contributed by atoms with van der Waals surface area (Å²) in [5.41, 5.74) is 0. The van der Waals surface area contributed by atoms with Crippen LogP contribution in [0.5, 0.6) is 0 Å². The zero-order valence-electron chi connectivity index (χ0n) is 12.2. The number of likely N-dealkylation sites (tertiary alicyclic amines) is 1. The predicted octanol–water partition coefficient (Wildman–Crippen LogP) is 2.12. The number of likely N-dealkylation sites (N-methyl/N-ethyl adjacent to an activating group) is 1. The van der Waals surface area contributed by atoms with Crippen LogP contribution in [0.15, 0.2) is 0 Å². The van der Waals surface area contributed by atoms with Crippen LogP contribution >= 0.6 is 0 Å². The van der Waals surface area contributed by atoms with Crippen LogP contribution in [-0.2, 0) is 4.74 Å². The fourth-order valence-corrected chi connectivity index (χ4v) is 3.26. The minimum absolute atomic E-state index is 0.536. The van der Waals surface area contributed by atoms with Crippen molar-refractivity contribution < 1.29 is 4.74 Å². The molecule has 0 unspecified atom stereocenters. The van der Waals surface area contributed by atoms with Crippen molar-refractivity contribution in [3.05, 3.63) is 0 Å². The van der Waals surface area contributed by atoms with Crippen molar-refractivity contribution >= 4 is 0 Å². The minimum atomic E-state index is 0.536. The lowest BCUT2D eigenvalue weighted by Crippen LogP contribution is -2.48. The van der Waals surface area contributed by atoms with Crippen molar-refractivity contribution in [3.8, 4) is 0 Å². The lowest BCUT2D eigenvalue weighted by Gasteiger charge is -2.42. The van der Waals surface area contributed by atoms with Crippen LogP contribution in [0.4, 0.5) is 0 Å². The summed E-state index contributed by atoms with van der Waals surface area (Å²) in [4.78, 5) is 2.65. The van der Waals surface area contributed by atoms with Gasteiger partial charge in [0.05, 0.1) is 12.7 Å². The fourth-order valence-electron chi connectivity index (χ4n) is 3.26. The van der Waals surface area contributed by atoms with Crippen LogP contribution in [0.3, 0.4) is 0 Å². The zero-order valence-corrected chi connectivity index (χ0v) is 12.2. The van der Waals surface area contributed by atoms with Gasteiger partial charge in [0.15, 0.2) is 0 Å². The third-order valence-corrected chi connectivity index (χ3v) is 4.63. The summed E-state index contributed by atoms with van der Waals surface area (Å²) in [6.07, 6.45) is 7.20. The Morgan fingerprint density at radius 2 is 1.83 bits per heavy atom. The Balaban J connectivity index is 1.53. The van der Waals surface area contributed by atoms with Crippen molar-refractivity contribution in [2.75, 3.05) is 39.8 Å². The normalized spacial score (nSPS) is 30.3. The average molecular weight is 254 g/mol. The van der Waals surface area contributed by atoms with Crippen LogP contribution < -0.4 is 5.32 Å². The van der Waals surface area contributed by atoms with Crippen molar-refractivity contribution in [1.29, 1.82) is 0 Å². The summed E-state index contributed by atoms with van der Waals surface area (Å²) in [6, 6.07) is 0. The maximum Gasteiger partial charge on any atom is 0.0594 e. The molecule has 18 heavy (non-hydrogen) atoms. The van der Waals surface area contributed by atoms with E-state index in [-0.39, 0.29) is 0 Å². The predicted molar refractivity (Wildman–Crippen MR) is 75.8 cm³/mol. The average Bonchev–Trinajstić information content (AvgIpc) is 2.35. The van der Waals surface area contributed by atoms with Gasteiger partial charge < -0.3 is 15.0 Å². The van der Waals surface area contributed by atoms with Crippen LogP contribution in [0.1, 0.15) is 39.0 Å². The number of ether oxygens (including phenoxy) is 1. The topological polar surface area (TPSA) is 24.5 Å². The van der Waals surface area contributed by atoms with Crippen molar-refractivity contribution in [2.45, 2.75) is 45.1 Å². The van der Waals surface area contributed by atoms with Gasteiger partial charge >= 0.3 is 0 Å². The molecule has 3 nitrogen and oxygen atoms in total. The molecule has 1 N–H and O–H groups in total. The summed E-state index contributed by atoms with van der Waals surface area (Å²) in [6.45, 7) is 8.22. The number of rotatable bonds is 7. The molecule has 0 radical (unpaired) electrons. The molecular weight excluding hydrogens is 224 g/mol. The van der Waals surface area contributed by atoms with Gasteiger partial charge in [-0.25, -0.2) is 0 Å². The Hall–Kier alpha value is -0.120. The molecule has 2 rings (SSSR count). The van der Waals surface area contributed by atoms with Crippen LogP contribution in [-0.4, -0.2) is 50.8 Å². The summed E-state index contributed by atoms with van der Waals surface area (Å²) in [5.74, 6) is 1.93. The Kier molecular flexibility index (Phi) is 5.93. The first-order valence-corrected chi connectivity index (χ1v) is 7.80. The molecule has 106 valence electrons. The van der Waals surface area contributed by atoms with Crippen molar-refractivity contribution in [2.24, 2.45) is 11.8 Å². The molecule has 1 heterocycles. The Morgan fingerprint density at radius 3 is 2.44 bits per heavy atom. The number of nitrogens with one attached hydrogen (secondary N) is 1. The number of nitrogens with zero attached hydrogens (tertiary/aromatic N) is 1. The van der Waals surface area contributed by atoms with E-state index < -0.39 is 0 Å². The SMILES string of the molecule is CCC1CN(CC2CCC(OCCNC)CC2)C1. The Labute approximate surface area is 112 Å². The highest BCUT2D eigenvalue weighted by Crippen LogP contribution is 2.29. The maximum atomic E-state index is 5.88. The van der Waals surface area contributed by atoms with Gasteiger partial charge in [-0.3, -0.25) is 0 Å².